The molecule has 7 heteroatoms. The summed E-state index contributed by atoms with van der Waals surface area (Å²) in [7, 11) is -0.521. The molecule has 0 aliphatic carbocycles. The molecule has 3 heterocycles. The van der Waals surface area contributed by atoms with Crippen LogP contribution in [0.25, 0.3) is 22.0 Å². The molecule has 0 saturated heterocycles. The predicted octanol–water partition coefficient (Wildman–Crippen LogP) is 4.66. The van der Waals surface area contributed by atoms with Crippen LogP contribution < -0.4 is 0 Å². The third kappa shape index (κ3) is 4.32. The number of pyridine rings is 1. The van der Waals surface area contributed by atoms with E-state index in [1.54, 1.807) is 0 Å². The van der Waals surface area contributed by atoms with Gasteiger partial charge in [-0.15, -0.1) is 0 Å². The molecule has 0 atom stereocenters. The lowest BCUT2D eigenvalue weighted by Crippen LogP contribution is -2.10. The Kier molecular flexibility index (Phi) is 5.79. The molecular weight excluding hydrogens is 412 g/mol. The number of rotatable bonds is 7. The van der Waals surface area contributed by atoms with Gasteiger partial charge in [0.2, 0.25) is 0 Å². The van der Waals surface area contributed by atoms with Gasteiger partial charge in [-0.25, -0.2) is 19.7 Å². The number of nitrogens with zero attached hydrogens (tertiary/aromatic N) is 4. The Hall–Kier alpha value is -1.31. The topological polar surface area (TPSA) is 44.9 Å². The van der Waals surface area contributed by atoms with Crippen LogP contribution in [0.5, 0.6) is 0 Å². The number of hydrogen-bond acceptors (Lipinski definition) is 3. The SMILES string of the molecule is CCn1cc(-c2cn(COCCS(C)(C)C)nc2C)c2cc(Br)ncc21. The molecule has 0 N–H and O–H groups in total. The Morgan fingerprint density at radius 3 is 2.65 bits per heavy atom. The molecule has 0 spiro atoms. The molecule has 142 valence electrons. The van der Waals surface area contributed by atoms with Crippen molar-refractivity contribution in [2.24, 2.45) is 0 Å². The first-order chi connectivity index (χ1) is 12.3. The fraction of sp³-hybridized carbons (Fsp3) is 0.474. The van der Waals surface area contributed by atoms with Crippen molar-refractivity contribution < 1.29 is 4.74 Å². The highest BCUT2D eigenvalue weighted by molar-refractivity contribution is 9.10. The first kappa shape index (κ1) is 19.5. The standard InChI is InChI=1S/C19H27BrN4OS/c1-6-23-11-17(15-9-19(20)21-10-18(15)23)16-12-24(22-14(16)2)13-25-7-8-26(3,4)5/h9-12H,6-8,13H2,1-5H3. The first-order valence-corrected chi connectivity index (χ1v) is 12.5. The molecule has 0 aliphatic heterocycles. The van der Waals surface area contributed by atoms with Crippen molar-refractivity contribution in [3.63, 3.8) is 0 Å². The highest BCUT2D eigenvalue weighted by Gasteiger charge is 2.15. The number of ether oxygens (including phenoxy) is 1. The Morgan fingerprint density at radius 2 is 1.96 bits per heavy atom. The van der Waals surface area contributed by atoms with Crippen molar-refractivity contribution in [2.45, 2.75) is 27.1 Å². The summed E-state index contributed by atoms with van der Waals surface area (Å²) in [5.41, 5.74) is 4.48. The lowest BCUT2D eigenvalue weighted by Gasteiger charge is -2.24. The molecule has 0 amide bonds. The molecule has 3 aromatic heterocycles. The van der Waals surface area contributed by atoms with E-state index in [1.807, 2.05) is 10.9 Å². The zero-order chi connectivity index (χ0) is 18.9. The smallest absolute Gasteiger partial charge is 0.139 e. The monoisotopic (exact) mass is 438 g/mol. The molecule has 3 aromatic rings. The van der Waals surface area contributed by atoms with Gasteiger partial charge in [-0.1, -0.05) is 0 Å². The van der Waals surface area contributed by atoms with Gasteiger partial charge in [0.15, 0.2) is 0 Å². The molecular formula is C19H27BrN4OS. The normalized spacial score (nSPS) is 12.8. The molecule has 0 aliphatic rings. The molecule has 26 heavy (non-hydrogen) atoms. The Labute approximate surface area is 165 Å². The minimum Gasteiger partial charge on any atom is -0.358 e. The van der Waals surface area contributed by atoms with Crippen LogP contribution in [0.2, 0.25) is 0 Å². The average Bonchev–Trinajstić information content (AvgIpc) is 3.10. The summed E-state index contributed by atoms with van der Waals surface area (Å²) in [5, 5.41) is 5.84. The molecule has 0 unspecified atom stereocenters. The number of aromatic nitrogens is 4. The maximum atomic E-state index is 5.83. The van der Waals surface area contributed by atoms with Crippen molar-refractivity contribution in [2.75, 3.05) is 31.1 Å². The second kappa shape index (κ2) is 7.74. The van der Waals surface area contributed by atoms with E-state index in [0.29, 0.717) is 6.73 Å². The van der Waals surface area contributed by atoms with Gasteiger partial charge in [0, 0.05) is 41.2 Å². The summed E-state index contributed by atoms with van der Waals surface area (Å²) in [4.78, 5) is 4.38. The molecule has 3 rings (SSSR count). The largest absolute Gasteiger partial charge is 0.358 e. The minimum atomic E-state index is -0.521. The van der Waals surface area contributed by atoms with Crippen molar-refractivity contribution in [3.8, 4) is 11.1 Å². The Morgan fingerprint density at radius 1 is 1.19 bits per heavy atom. The molecule has 0 aromatic carbocycles. The third-order valence-electron chi connectivity index (χ3n) is 4.37. The van der Waals surface area contributed by atoms with Crippen molar-refractivity contribution in [1.82, 2.24) is 19.3 Å². The quantitative estimate of drug-likeness (QED) is 0.397. The molecule has 0 bridgehead atoms. The average molecular weight is 439 g/mol. The molecule has 0 radical (unpaired) electrons. The van der Waals surface area contributed by atoms with Gasteiger partial charge in [0.1, 0.15) is 11.3 Å². The minimum absolute atomic E-state index is 0.494. The maximum absolute atomic E-state index is 5.83. The molecule has 0 fully saturated rings. The van der Waals surface area contributed by atoms with E-state index < -0.39 is 10.0 Å². The lowest BCUT2D eigenvalue weighted by atomic mass is 10.1. The second-order valence-electron chi connectivity index (χ2n) is 7.35. The number of fused-ring (bicyclic) bond motifs is 1. The van der Waals surface area contributed by atoms with Crippen molar-refractivity contribution >= 4 is 36.9 Å². The van der Waals surface area contributed by atoms with E-state index in [2.05, 4.69) is 81.7 Å². The summed E-state index contributed by atoms with van der Waals surface area (Å²) in [5.74, 6) is 1.12. The predicted molar refractivity (Wildman–Crippen MR) is 115 cm³/mol. The van der Waals surface area contributed by atoms with E-state index in [-0.39, 0.29) is 0 Å². The van der Waals surface area contributed by atoms with E-state index in [9.17, 15) is 0 Å². The van der Waals surface area contributed by atoms with Gasteiger partial charge in [-0.3, -0.25) is 0 Å². The van der Waals surface area contributed by atoms with Crippen LogP contribution in [0, 0.1) is 6.92 Å². The van der Waals surface area contributed by atoms with Gasteiger partial charge in [-0.2, -0.15) is 5.10 Å². The van der Waals surface area contributed by atoms with Gasteiger partial charge in [0.25, 0.3) is 0 Å². The molecule has 5 nitrogen and oxygen atoms in total. The van der Waals surface area contributed by atoms with Crippen LogP contribution in [0.4, 0.5) is 0 Å². The van der Waals surface area contributed by atoms with E-state index in [1.165, 1.54) is 10.9 Å². The fourth-order valence-corrected chi connectivity index (χ4v) is 3.90. The summed E-state index contributed by atoms with van der Waals surface area (Å²) >= 11 is 3.49. The van der Waals surface area contributed by atoms with Crippen LogP contribution in [-0.2, 0) is 18.0 Å². The van der Waals surface area contributed by atoms with Gasteiger partial charge < -0.3 is 9.30 Å². The van der Waals surface area contributed by atoms with E-state index in [4.69, 9.17) is 4.74 Å². The number of hydrogen-bond donors (Lipinski definition) is 0. The van der Waals surface area contributed by atoms with Crippen LogP contribution in [0.3, 0.4) is 0 Å². The van der Waals surface area contributed by atoms with Crippen LogP contribution >= 0.6 is 26.0 Å². The summed E-state index contributed by atoms with van der Waals surface area (Å²) < 4.78 is 10.8. The third-order valence-corrected chi connectivity index (χ3v) is 6.20. The van der Waals surface area contributed by atoms with Crippen molar-refractivity contribution in [3.05, 3.63) is 35.0 Å². The highest BCUT2D eigenvalue weighted by Crippen LogP contribution is 2.34. The summed E-state index contributed by atoms with van der Waals surface area (Å²) in [6, 6.07) is 2.08. The van der Waals surface area contributed by atoms with E-state index in [0.717, 1.165) is 40.3 Å². The Balaban J connectivity index is 1.85. The zero-order valence-electron chi connectivity index (χ0n) is 16.1. The number of halogens is 1. The van der Waals surface area contributed by atoms with Gasteiger partial charge >= 0.3 is 0 Å². The summed E-state index contributed by atoms with van der Waals surface area (Å²) in [6.07, 6.45) is 13.1. The lowest BCUT2D eigenvalue weighted by molar-refractivity contribution is 0.0807. The molecule has 0 saturated carbocycles. The van der Waals surface area contributed by atoms with Crippen LogP contribution in [0.1, 0.15) is 12.6 Å². The van der Waals surface area contributed by atoms with Crippen molar-refractivity contribution in [1.29, 1.82) is 0 Å². The second-order valence-corrected chi connectivity index (χ2v) is 12.8. The van der Waals surface area contributed by atoms with Crippen LogP contribution in [-0.4, -0.2) is 50.5 Å². The van der Waals surface area contributed by atoms with Gasteiger partial charge in [0.05, 0.1) is 24.0 Å². The zero-order valence-corrected chi connectivity index (χ0v) is 18.5. The van der Waals surface area contributed by atoms with Crippen LogP contribution in [0.15, 0.2) is 29.3 Å². The highest BCUT2D eigenvalue weighted by atomic mass is 79.9. The fourth-order valence-electron chi connectivity index (χ4n) is 2.95. The van der Waals surface area contributed by atoms with Gasteiger partial charge in [-0.05, 0) is 54.6 Å². The van der Waals surface area contributed by atoms with E-state index >= 15 is 0 Å². The number of aryl methyl sites for hydroxylation is 2. The first-order valence-electron chi connectivity index (χ1n) is 8.71. The summed E-state index contributed by atoms with van der Waals surface area (Å²) in [6.45, 7) is 6.38. The maximum Gasteiger partial charge on any atom is 0.139 e. The Bertz CT molecular complexity index is 910.